The Hall–Kier alpha value is -2.76. The molecule has 1 atom stereocenters. The zero-order valence-corrected chi connectivity index (χ0v) is 18.5. The molecule has 0 saturated heterocycles. The Morgan fingerprint density at radius 3 is 2.03 bits per heavy atom. The van der Waals surface area contributed by atoms with E-state index in [9.17, 15) is 18.4 Å². The molecule has 0 bridgehead atoms. The second-order valence-electron chi connectivity index (χ2n) is 8.76. The van der Waals surface area contributed by atoms with Gasteiger partial charge in [0.2, 0.25) is 0 Å². The van der Waals surface area contributed by atoms with Gasteiger partial charge in [-0.25, -0.2) is 13.8 Å². The molecule has 0 saturated carbocycles. The summed E-state index contributed by atoms with van der Waals surface area (Å²) in [6, 6.07) is 8.27. The van der Waals surface area contributed by atoms with Crippen molar-refractivity contribution in [3.05, 3.63) is 70.3 Å². The summed E-state index contributed by atoms with van der Waals surface area (Å²) in [5, 5.41) is 1.24. The van der Waals surface area contributed by atoms with Gasteiger partial charge in [0.1, 0.15) is 17.2 Å². The van der Waals surface area contributed by atoms with Gasteiger partial charge >= 0.3 is 0 Å². The number of benzene rings is 2. The van der Waals surface area contributed by atoms with Gasteiger partial charge in [-0.15, -0.1) is 0 Å². The van der Waals surface area contributed by atoms with Crippen LogP contribution in [0, 0.1) is 30.9 Å². The quantitative estimate of drug-likeness (QED) is 0.647. The molecular formula is C24H30F2N2O2. The number of carbonyl (C=O) groups excluding carboxylic acids is 2. The summed E-state index contributed by atoms with van der Waals surface area (Å²) in [4.78, 5) is 26.3. The van der Waals surface area contributed by atoms with Gasteiger partial charge in [0, 0.05) is 5.56 Å². The molecular weight excluding hydrogens is 386 g/mol. The van der Waals surface area contributed by atoms with Crippen molar-refractivity contribution in [2.24, 2.45) is 5.41 Å². The van der Waals surface area contributed by atoms with Crippen LogP contribution in [0.15, 0.2) is 36.4 Å². The highest BCUT2D eigenvalue weighted by Gasteiger charge is 2.35. The van der Waals surface area contributed by atoms with Gasteiger partial charge in [0.25, 0.3) is 11.8 Å². The molecule has 0 aliphatic heterocycles. The molecule has 0 heterocycles. The molecule has 2 aromatic rings. The van der Waals surface area contributed by atoms with Crippen LogP contribution in [0.1, 0.15) is 72.4 Å². The van der Waals surface area contributed by atoms with Crippen molar-refractivity contribution < 1.29 is 18.4 Å². The summed E-state index contributed by atoms with van der Waals surface area (Å²) in [7, 11) is 0. The van der Waals surface area contributed by atoms with E-state index in [1.165, 1.54) is 11.1 Å². The van der Waals surface area contributed by atoms with E-state index in [0.717, 1.165) is 29.7 Å². The largest absolute Gasteiger partial charge is 0.275 e. The predicted octanol–water partition coefficient (Wildman–Crippen LogP) is 5.58. The zero-order chi connectivity index (χ0) is 22.6. The van der Waals surface area contributed by atoms with Crippen molar-refractivity contribution in [2.45, 2.75) is 60.4 Å². The first-order chi connectivity index (χ1) is 14.0. The van der Waals surface area contributed by atoms with Crippen molar-refractivity contribution in [2.75, 3.05) is 0 Å². The number of amides is 2. The molecule has 0 radical (unpaired) electrons. The first-order valence-electron chi connectivity index (χ1n) is 10.1. The summed E-state index contributed by atoms with van der Waals surface area (Å²) in [5.41, 5.74) is 3.65. The number of nitrogens with one attached hydrogen (secondary N) is 1. The van der Waals surface area contributed by atoms with Crippen LogP contribution in [-0.4, -0.2) is 22.9 Å². The fraction of sp³-hybridized carbons (Fsp3) is 0.417. The summed E-state index contributed by atoms with van der Waals surface area (Å²) < 4.78 is 28.3. The fourth-order valence-electron chi connectivity index (χ4n) is 3.61. The molecule has 6 heteroatoms. The third kappa shape index (κ3) is 5.43. The molecule has 0 aliphatic carbocycles. The summed E-state index contributed by atoms with van der Waals surface area (Å²) >= 11 is 0. The van der Waals surface area contributed by atoms with Crippen LogP contribution in [0.25, 0.3) is 0 Å². The predicted molar refractivity (Wildman–Crippen MR) is 114 cm³/mol. The molecule has 0 spiro atoms. The number of hydrazine groups is 1. The second-order valence-corrected chi connectivity index (χ2v) is 8.76. The van der Waals surface area contributed by atoms with Crippen molar-refractivity contribution in [3.63, 3.8) is 0 Å². The van der Waals surface area contributed by atoms with Crippen molar-refractivity contribution in [3.8, 4) is 0 Å². The number of rotatable bonds is 5. The number of hydrogen-bond acceptors (Lipinski definition) is 2. The van der Waals surface area contributed by atoms with Crippen molar-refractivity contribution in [1.82, 2.24) is 10.4 Å². The lowest BCUT2D eigenvalue weighted by molar-refractivity contribution is 0.0268. The first kappa shape index (κ1) is 23.5. The monoisotopic (exact) mass is 416 g/mol. The van der Waals surface area contributed by atoms with Gasteiger partial charge in [-0.1, -0.05) is 57.4 Å². The molecule has 2 aromatic carbocycles. The minimum absolute atomic E-state index is 0.380. The highest BCUT2D eigenvalue weighted by molar-refractivity contribution is 5.99. The van der Waals surface area contributed by atoms with Crippen LogP contribution in [0.4, 0.5) is 8.78 Å². The molecule has 0 aromatic heterocycles. The third-order valence-corrected chi connectivity index (χ3v) is 4.97. The van der Waals surface area contributed by atoms with Gasteiger partial charge in [0.15, 0.2) is 0 Å². The van der Waals surface area contributed by atoms with Crippen molar-refractivity contribution in [1.29, 1.82) is 0 Å². The van der Waals surface area contributed by atoms with E-state index in [2.05, 4.69) is 5.43 Å². The molecule has 2 rings (SSSR count). The number of nitrogens with zero attached hydrogens (tertiary/aromatic N) is 1. The first-order valence-corrected chi connectivity index (χ1v) is 10.1. The normalized spacial score (nSPS) is 12.4. The summed E-state index contributed by atoms with van der Waals surface area (Å²) in [5.74, 6) is -3.36. The molecule has 0 unspecified atom stereocenters. The van der Waals surface area contributed by atoms with Crippen LogP contribution >= 0.6 is 0 Å². The van der Waals surface area contributed by atoms with Crippen LogP contribution in [0.2, 0.25) is 0 Å². The standard InChI is InChI=1S/C24H30F2N2O2/c1-7-9-20(24(4,5)6)28(23(30)17-13-15(2)12-16(3)14-17)27-22(29)21-18(25)10-8-11-19(21)26/h8,10-14,20H,7,9H2,1-6H3,(H,27,29)/t20-/m0/s1. The van der Waals surface area contributed by atoms with Crippen LogP contribution in [0.3, 0.4) is 0 Å². The summed E-state index contributed by atoms with van der Waals surface area (Å²) in [6.45, 7) is 11.6. The van der Waals surface area contributed by atoms with E-state index in [-0.39, 0.29) is 11.5 Å². The second kappa shape index (κ2) is 9.37. The number of hydrogen-bond donors (Lipinski definition) is 1. The van der Waals surface area contributed by atoms with Crippen LogP contribution in [-0.2, 0) is 0 Å². The SMILES string of the molecule is CCC[C@H](N(NC(=O)c1c(F)cccc1F)C(=O)c1cc(C)cc(C)c1)C(C)(C)C. The van der Waals surface area contributed by atoms with E-state index in [1.54, 1.807) is 12.1 Å². The van der Waals surface area contributed by atoms with Gasteiger partial charge in [-0.3, -0.25) is 15.0 Å². The number of aryl methyl sites for hydroxylation is 2. The Balaban J connectivity index is 2.52. The molecule has 0 aliphatic rings. The van der Waals surface area contributed by atoms with Gasteiger partial charge in [-0.05, 0) is 49.9 Å². The van der Waals surface area contributed by atoms with E-state index >= 15 is 0 Å². The average Bonchev–Trinajstić information content (AvgIpc) is 2.62. The molecule has 4 nitrogen and oxygen atoms in total. The molecule has 162 valence electrons. The highest BCUT2D eigenvalue weighted by Crippen LogP contribution is 2.29. The lowest BCUT2D eigenvalue weighted by Gasteiger charge is -2.40. The Morgan fingerprint density at radius 2 is 1.57 bits per heavy atom. The van der Waals surface area contributed by atoms with E-state index in [4.69, 9.17) is 0 Å². The molecule has 0 fully saturated rings. The zero-order valence-electron chi connectivity index (χ0n) is 18.5. The Morgan fingerprint density at radius 1 is 1.03 bits per heavy atom. The maximum atomic E-state index is 14.2. The van der Waals surface area contributed by atoms with Crippen LogP contribution in [0.5, 0.6) is 0 Å². The maximum absolute atomic E-state index is 14.2. The topological polar surface area (TPSA) is 49.4 Å². The minimum Gasteiger partial charge on any atom is -0.267 e. The Bertz CT molecular complexity index is 895. The van der Waals surface area contributed by atoms with E-state index < -0.39 is 29.0 Å². The van der Waals surface area contributed by atoms with Gasteiger partial charge < -0.3 is 0 Å². The summed E-state index contributed by atoms with van der Waals surface area (Å²) in [6.07, 6.45) is 1.38. The highest BCUT2D eigenvalue weighted by atomic mass is 19.1. The molecule has 30 heavy (non-hydrogen) atoms. The Labute approximate surface area is 177 Å². The minimum atomic E-state index is -0.992. The van der Waals surface area contributed by atoms with Crippen LogP contribution < -0.4 is 5.43 Å². The maximum Gasteiger partial charge on any atom is 0.275 e. The lowest BCUT2D eigenvalue weighted by Crippen LogP contribution is -2.56. The third-order valence-electron chi connectivity index (χ3n) is 4.97. The van der Waals surface area contributed by atoms with E-state index in [0.29, 0.717) is 12.0 Å². The Kier molecular flexibility index (Phi) is 7.34. The average molecular weight is 417 g/mol. The molecule has 2 amide bonds. The smallest absolute Gasteiger partial charge is 0.267 e. The fourth-order valence-corrected chi connectivity index (χ4v) is 3.61. The number of carbonyl (C=O) groups is 2. The van der Waals surface area contributed by atoms with E-state index in [1.807, 2.05) is 47.6 Å². The van der Waals surface area contributed by atoms with Gasteiger partial charge in [-0.2, -0.15) is 0 Å². The van der Waals surface area contributed by atoms with Gasteiger partial charge in [0.05, 0.1) is 6.04 Å². The van der Waals surface area contributed by atoms with Crippen molar-refractivity contribution >= 4 is 11.8 Å². The lowest BCUT2D eigenvalue weighted by atomic mass is 9.83. The molecule has 1 N–H and O–H groups in total. The number of halogens is 2.